The zero-order valence-electron chi connectivity index (χ0n) is 8.76. The molecule has 1 aliphatic carbocycles. The highest BCUT2D eigenvalue weighted by atomic mass is 79.9. The van der Waals surface area contributed by atoms with Crippen molar-refractivity contribution in [3.05, 3.63) is 28.0 Å². The van der Waals surface area contributed by atoms with E-state index in [0.717, 1.165) is 10.3 Å². The molecule has 0 saturated carbocycles. The Labute approximate surface area is 97.4 Å². The smallest absolute Gasteiger partial charge is 0.141 e. The normalized spacial score (nSPS) is 15.6. The van der Waals surface area contributed by atoms with Gasteiger partial charge in [0, 0.05) is 18.1 Å². The van der Waals surface area contributed by atoms with Crippen molar-refractivity contribution in [2.75, 3.05) is 0 Å². The Morgan fingerprint density at radius 3 is 2.93 bits per heavy atom. The molecule has 0 unspecified atom stereocenters. The largest absolute Gasteiger partial charge is 0.332 e. The summed E-state index contributed by atoms with van der Waals surface area (Å²) in [5.74, 6) is 0. The first-order valence-electron chi connectivity index (χ1n) is 5.40. The monoisotopic (exact) mass is 264 g/mol. The van der Waals surface area contributed by atoms with Gasteiger partial charge in [0.2, 0.25) is 0 Å². The molecular formula is C12H13BrN2. The minimum atomic E-state index is 0.924. The lowest BCUT2D eigenvalue weighted by Gasteiger charge is -2.12. The molecule has 2 aromatic rings. The van der Waals surface area contributed by atoms with Crippen LogP contribution in [0.1, 0.15) is 24.1 Å². The number of hydrogen-bond acceptors (Lipinski definition) is 1. The van der Waals surface area contributed by atoms with E-state index in [9.17, 15) is 0 Å². The first kappa shape index (κ1) is 9.40. The van der Waals surface area contributed by atoms with E-state index in [1.807, 2.05) is 6.07 Å². The van der Waals surface area contributed by atoms with Crippen molar-refractivity contribution < 1.29 is 0 Å². The molecule has 15 heavy (non-hydrogen) atoms. The number of pyridine rings is 1. The lowest BCUT2D eigenvalue weighted by Crippen LogP contribution is -2.05. The third-order valence-electron chi connectivity index (χ3n) is 3.33. The summed E-state index contributed by atoms with van der Waals surface area (Å²) in [6.45, 7) is 0. The minimum absolute atomic E-state index is 0.924. The van der Waals surface area contributed by atoms with Gasteiger partial charge in [-0.15, -0.1) is 0 Å². The van der Waals surface area contributed by atoms with E-state index >= 15 is 0 Å². The third kappa shape index (κ3) is 1.33. The van der Waals surface area contributed by atoms with Gasteiger partial charge in [0.05, 0.1) is 0 Å². The van der Waals surface area contributed by atoms with Gasteiger partial charge in [-0.1, -0.05) is 0 Å². The molecule has 0 spiro atoms. The van der Waals surface area contributed by atoms with E-state index in [-0.39, 0.29) is 0 Å². The van der Waals surface area contributed by atoms with Crippen LogP contribution in [0, 0.1) is 0 Å². The van der Waals surface area contributed by atoms with Crippen LogP contribution in [0.25, 0.3) is 11.0 Å². The van der Waals surface area contributed by atoms with Gasteiger partial charge in [-0.3, -0.25) is 0 Å². The van der Waals surface area contributed by atoms with Gasteiger partial charge >= 0.3 is 0 Å². The molecule has 0 amide bonds. The van der Waals surface area contributed by atoms with Gasteiger partial charge in [0.15, 0.2) is 0 Å². The lowest BCUT2D eigenvalue weighted by atomic mass is 9.96. The fourth-order valence-electron chi connectivity index (χ4n) is 2.59. The van der Waals surface area contributed by atoms with Crippen molar-refractivity contribution in [3.8, 4) is 0 Å². The number of aryl methyl sites for hydroxylation is 2. The van der Waals surface area contributed by atoms with E-state index < -0.39 is 0 Å². The Bertz CT molecular complexity index is 528. The quantitative estimate of drug-likeness (QED) is 0.669. The van der Waals surface area contributed by atoms with Crippen LogP contribution in [-0.2, 0) is 19.9 Å². The molecule has 3 heteroatoms. The molecule has 0 atom stereocenters. The summed E-state index contributed by atoms with van der Waals surface area (Å²) in [7, 11) is 2.13. The second-order valence-electron chi connectivity index (χ2n) is 4.20. The van der Waals surface area contributed by atoms with Crippen LogP contribution in [0.15, 0.2) is 16.7 Å². The lowest BCUT2D eigenvalue weighted by molar-refractivity contribution is 0.652. The fourth-order valence-corrected chi connectivity index (χ4v) is 2.89. The molecule has 0 fully saturated rings. The van der Waals surface area contributed by atoms with E-state index in [4.69, 9.17) is 0 Å². The fraction of sp³-hybridized carbons (Fsp3) is 0.417. The Hall–Kier alpha value is -0.830. The topological polar surface area (TPSA) is 17.8 Å². The number of aromatic nitrogens is 2. The van der Waals surface area contributed by atoms with Crippen molar-refractivity contribution >= 4 is 27.0 Å². The maximum Gasteiger partial charge on any atom is 0.141 e. The number of hydrogen-bond donors (Lipinski definition) is 0. The third-order valence-corrected chi connectivity index (χ3v) is 3.77. The summed E-state index contributed by atoms with van der Waals surface area (Å²) in [6.07, 6.45) is 5.07. The van der Waals surface area contributed by atoms with Crippen LogP contribution in [0.3, 0.4) is 0 Å². The Balaban J connectivity index is 2.38. The molecule has 0 aromatic carbocycles. The maximum atomic E-state index is 4.56. The van der Waals surface area contributed by atoms with E-state index in [1.165, 1.54) is 42.3 Å². The van der Waals surface area contributed by atoms with Crippen LogP contribution in [0.2, 0.25) is 0 Å². The van der Waals surface area contributed by atoms with Gasteiger partial charge in [-0.25, -0.2) is 4.98 Å². The van der Waals surface area contributed by atoms with Crippen LogP contribution >= 0.6 is 15.9 Å². The highest BCUT2D eigenvalue weighted by Crippen LogP contribution is 2.31. The van der Waals surface area contributed by atoms with Crippen molar-refractivity contribution in [1.29, 1.82) is 0 Å². The van der Waals surface area contributed by atoms with Crippen LogP contribution < -0.4 is 0 Å². The number of halogens is 1. The standard InChI is InChI=1S/C12H13BrN2/c1-15-10-5-3-2-4-8(10)9-6-7-11(13)14-12(9)15/h6-7H,2-5H2,1H3. The molecule has 2 heterocycles. The molecule has 3 rings (SSSR count). The highest BCUT2D eigenvalue weighted by Gasteiger charge is 2.18. The van der Waals surface area contributed by atoms with E-state index in [1.54, 1.807) is 0 Å². The Kier molecular flexibility index (Phi) is 2.09. The molecule has 78 valence electrons. The summed E-state index contributed by atoms with van der Waals surface area (Å²) in [6, 6.07) is 4.23. The van der Waals surface area contributed by atoms with Crippen molar-refractivity contribution in [2.24, 2.45) is 7.05 Å². The van der Waals surface area contributed by atoms with Gasteiger partial charge in [-0.2, -0.15) is 0 Å². The average molecular weight is 265 g/mol. The summed E-state index contributed by atoms with van der Waals surface area (Å²) in [5.41, 5.74) is 4.14. The Morgan fingerprint density at radius 2 is 2.07 bits per heavy atom. The second kappa shape index (κ2) is 3.34. The predicted octanol–water partition coefficient (Wildman–Crippen LogP) is 3.21. The van der Waals surface area contributed by atoms with E-state index in [2.05, 4.69) is 38.6 Å². The first-order valence-corrected chi connectivity index (χ1v) is 6.19. The molecule has 2 nitrogen and oxygen atoms in total. The van der Waals surface area contributed by atoms with Gasteiger partial charge in [-0.05, 0) is 59.3 Å². The zero-order chi connectivity index (χ0) is 10.4. The molecule has 0 saturated heterocycles. The van der Waals surface area contributed by atoms with Crippen molar-refractivity contribution in [1.82, 2.24) is 9.55 Å². The molecule has 0 bridgehead atoms. The molecule has 2 aromatic heterocycles. The first-order chi connectivity index (χ1) is 7.27. The SMILES string of the molecule is Cn1c2c(c3ccc(Br)nc31)CCCC2. The Morgan fingerprint density at radius 1 is 1.27 bits per heavy atom. The molecule has 0 radical (unpaired) electrons. The van der Waals surface area contributed by atoms with Crippen LogP contribution in [0.4, 0.5) is 0 Å². The molecule has 0 N–H and O–H groups in total. The van der Waals surface area contributed by atoms with Gasteiger partial charge < -0.3 is 4.57 Å². The second-order valence-corrected chi connectivity index (χ2v) is 5.01. The molecule has 1 aliphatic rings. The molecular weight excluding hydrogens is 252 g/mol. The molecule has 0 aliphatic heterocycles. The summed E-state index contributed by atoms with van der Waals surface area (Å²) < 4.78 is 3.18. The average Bonchev–Trinajstić information content (AvgIpc) is 2.54. The summed E-state index contributed by atoms with van der Waals surface area (Å²) in [5, 5.41) is 1.34. The summed E-state index contributed by atoms with van der Waals surface area (Å²) in [4.78, 5) is 4.56. The number of nitrogens with zero attached hydrogens (tertiary/aromatic N) is 2. The number of rotatable bonds is 0. The van der Waals surface area contributed by atoms with Crippen LogP contribution in [0.5, 0.6) is 0 Å². The zero-order valence-corrected chi connectivity index (χ0v) is 10.3. The van der Waals surface area contributed by atoms with Crippen molar-refractivity contribution in [3.63, 3.8) is 0 Å². The highest BCUT2D eigenvalue weighted by molar-refractivity contribution is 9.10. The minimum Gasteiger partial charge on any atom is -0.332 e. The summed E-state index contributed by atoms with van der Waals surface area (Å²) >= 11 is 3.44. The van der Waals surface area contributed by atoms with Gasteiger partial charge in [0.25, 0.3) is 0 Å². The van der Waals surface area contributed by atoms with Gasteiger partial charge in [0.1, 0.15) is 10.3 Å². The number of fused-ring (bicyclic) bond motifs is 3. The van der Waals surface area contributed by atoms with E-state index in [0.29, 0.717) is 0 Å². The van der Waals surface area contributed by atoms with Crippen LogP contribution in [-0.4, -0.2) is 9.55 Å². The van der Waals surface area contributed by atoms with Crippen molar-refractivity contribution in [2.45, 2.75) is 25.7 Å². The predicted molar refractivity (Wildman–Crippen MR) is 65.1 cm³/mol. The maximum absolute atomic E-state index is 4.56.